The first-order valence-corrected chi connectivity index (χ1v) is 9.79. The number of aliphatic hydroxyl groups excluding tert-OH is 1. The molecule has 142 valence electrons. The molecule has 2 aliphatic carbocycles. The number of rotatable bonds is 5. The van der Waals surface area contributed by atoms with Crippen LogP contribution < -0.4 is 5.32 Å². The molecule has 0 unspecified atom stereocenters. The summed E-state index contributed by atoms with van der Waals surface area (Å²) >= 11 is 2.10. The molecular weight excluding hydrogens is 441 g/mol. The number of halogens is 1. The van der Waals surface area contributed by atoms with Crippen molar-refractivity contribution in [2.24, 2.45) is 11.8 Å². The number of ether oxygens (including phenoxy) is 2. The second-order valence-electron chi connectivity index (χ2n) is 7.72. The molecule has 0 heterocycles. The molecule has 2 rings (SSSR count). The third-order valence-corrected chi connectivity index (χ3v) is 5.95. The molecule has 2 fully saturated rings. The lowest BCUT2D eigenvalue weighted by Gasteiger charge is -2.25. The Morgan fingerprint density at radius 3 is 2.28 bits per heavy atom. The minimum absolute atomic E-state index is 0.0422. The van der Waals surface area contributed by atoms with E-state index in [9.17, 15) is 19.5 Å². The van der Waals surface area contributed by atoms with Crippen molar-refractivity contribution in [3.8, 4) is 0 Å². The van der Waals surface area contributed by atoms with Crippen molar-refractivity contribution in [1.29, 1.82) is 0 Å². The van der Waals surface area contributed by atoms with Gasteiger partial charge in [-0.2, -0.15) is 0 Å². The predicted octanol–water partition coefficient (Wildman–Crippen LogP) is 1.34. The van der Waals surface area contributed by atoms with Crippen molar-refractivity contribution in [3.05, 3.63) is 0 Å². The molecule has 0 aromatic heterocycles. The van der Waals surface area contributed by atoms with Crippen molar-refractivity contribution < 1.29 is 29.0 Å². The molecule has 0 saturated heterocycles. The summed E-state index contributed by atoms with van der Waals surface area (Å²) in [7, 11) is 0. The Morgan fingerprint density at radius 1 is 1.24 bits per heavy atom. The average Bonchev–Trinajstić information content (AvgIpc) is 2.94. The normalized spacial score (nSPS) is 34.3. The van der Waals surface area contributed by atoms with Crippen molar-refractivity contribution in [1.82, 2.24) is 5.32 Å². The second kappa shape index (κ2) is 7.38. The summed E-state index contributed by atoms with van der Waals surface area (Å²) < 4.78 is 10.4. The van der Waals surface area contributed by atoms with Gasteiger partial charge in [-0.3, -0.25) is 9.59 Å². The van der Waals surface area contributed by atoms with Gasteiger partial charge in [-0.1, -0.05) is 22.6 Å². The Bertz CT molecular complexity index is 560. The molecular formula is C17H26INO6. The molecule has 2 saturated carbocycles. The minimum Gasteiger partial charge on any atom is -0.464 e. The van der Waals surface area contributed by atoms with Crippen molar-refractivity contribution in [3.63, 3.8) is 0 Å². The molecule has 25 heavy (non-hydrogen) atoms. The van der Waals surface area contributed by atoms with Gasteiger partial charge in [-0.15, -0.1) is 0 Å². The lowest BCUT2D eigenvalue weighted by atomic mass is 9.94. The van der Waals surface area contributed by atoms with Gasteiger partial charge >= 0.3 is 11.9 Å². The van der Waals surface area contributed by atoms with Crippen LogP contribution >= 0.6 is 22.6 Å². The van der Waals surface area contributed by atoms with Crippen molar-refractivity contribution in [2.45, 2.75) is 68.1 Å². The molecule has 7 nitrogen and oxygen atoms in total. The molecule has 0 aromatic carbocycles. The molecule has 1 amide bonds. The van der Waals surface area contributed by atoms with Gasteiger partial charge in [0.25, 0.3) is 0 Å². The van der Waals surface area contributed by atoms with E-state index in [4.69, 9.17) is 9.47 Å². The standard InChI is InChI=1S/C17H26INO6/c1-5-24-15(23)17(8-12(17)18)19-13(21)10-6-9(20)7-11(10)14(22)25-16(2,3)4/h9-12,20H,5-8H2,1-4H3,(H,19,21)/t9-,10+,11+,12+,17+/m0/s1. The van der Waals surface area contributed by atoms with Crippen LogP contribution in [0.5, 0.6) is 0 Å². The molecule has 0 aliphatic heterocycles. The van der Waals surface area contributed by atoms with Crippen LogP contribution in [0.1, 0.15) is 47.0 Å². The Balaban J connectivity index is 2.09. The van der Waals surface area contributed by atoms with E-state index < -0.39 is 46.9 Å². The highest BCUT2D eigenvalue weighted by atomic mass is 127. The van der Waals surface area contributed by atoms with Crippen LogP contribution in [0.25, 0.3) is 0 Å². The highest BCUT2D eigenvalue weighted by Crippen LogP contribution is 2.45. The topological polar surface area (TPSA) is 102 Å². The fourth-order valence-electron chi connectivity index (χ4n) is 3.13. The lowest BCUT2D eigenvalue weighted by Crippen LogP contribution is -2.49. The quantitative estimate of drug-likeness (QED) is 0.360. The van der Waals surface area contributed by atoms with Gasteiger partial charge in [0, 0.05) is 3.92 Å². The number of carbonyl (C=O) groups excluding carboxylic acids is 3. The molecule has 2 aliphatic rings. The minimum atomic E-state index is -1.01. The zero-order valence-corrected chi connectivity index (χ0v) is 17.2. The third-order valence-electron chi connectivity index (χ3n) is 4.45. The molecule has 0 spiro atoms. The van der Waals surface area contributed by atoms with Gasteiger partial charge in [0.05, 0.1) is 24.5 Å². The number of hydrogen-bond acceptors (Lipinski definition) is 6. The van der Waals surface area contributed by atoms with E-state index in [0.717, 1.165) is 0 Å². The molecule has 0 bridgehead atoms. The van der Waals surface area contributed by atoms with E-state index in [1.807, 2.05) is 0 Å². The number of carbonyl (C=O) groups is 3. The summed E-state index contributed by atoms with van der Waals surface area (Å²) in [6, 6.07) is 0. The second-order valence-corrected chi connectivity index (χ2v) is 9.23. The highest BCUT2D eigenvalue weighted by molar-refractivity contribution is 14.1. The number of hydrogen-bond donors (Lipinski definition) is 2. The lowest BCUT2D eigenvalue weighted by molar-refractivity contribution is -0.163. The molecule has 8 heteroatoms. The average molecular weight is 467 g/mol. The number of nitrogens with one attached hydrogen (secondary N) is 1. The van der Waals surface area contributed by atoms with E-state index in [1.165, 1.54) is 0 Å². The summed E-state index contributed by atoms with van der Waals surface area (Å²) in [5.41, 5.74) is -1.68. The summed E-state index contributed by atoms with van der Waals surface area (Å²) in [4.78, 5) is 37.3. The van der Waals surface area contributed by atoms with Crippen molar-refractivity contribution >= 4 is 40.4 Å². The van der Waals surface area contributed by atoms with Crippen molar-refractivity contribution in [2.75, 3.05) is 6.61 Å². The Morgan fingerprint density at radius 2 is 1.80 bits per heavy atom. The number of amides is 1. The summed E-state index contributed by atoms with van der Waals surface area (Å²) in [5, 5.41) is 12.7. The molecule has 0 radical (unpaired) electrons. The largest absolute Gasteiger partial charge is 0.464 e. The van der Waals surface area contributed by atoms with E-state index in [1.54, 1.807) is 27.7 Å². The Kier molecular flexibility index (Phi) is 6.03. The van der Waals surface area contributed by atoms with E-state index in [0.29, 0.717) is 6.42 Å². The Labute approximate surface area is 161 Å². The first-order chi connectivity index (χ1) is 11.5. The van der Waals surface area contributed by atoms with Gasteiger partial charge < -0.3 is 19.9 Å². The van der Waals surface area contributed by atoms with Gasteiger partial charge in [0.15, 0.2) is 5.54 Å². The first-order valence-electron chi connectivity index (χ1n) is 8.54. The summed E-state index contributed by atoms with van der Waals surface area (Å²) in [6.45, 7) is 7.22. The van der Waals surface area contributed by atoms with Crippen LogP contribution in [0.3, 0.4) is 0 Å². The van der Waals surface area contributed by atoms with E-state index in [2.05, 4.69) is 27.9 Å². The fourth-order valence-corrected chi connectivity index (χ4v) is 4.23. The summed E-state index contributed by atoms with van der Waals surface area (Å²) in [6.07, 6.45) is 0.138. The maximum absolute atomic E-state index is 12.7. The number of alkyl halides is 1. The van der Waals surface area contributed by atoms with Gasteiger partial charge in [0.2, 0.25) is 5.91 Å². The number of aliphatic hydroxyl groups is 1. The smallest absolute Gasteiger partial charge is 0.332 e. The van der Waals surface area contributed by atoms with Crippen LogP contribution in [0, 0.1) is 11.8 Å². The monoisotopic (exact) mass is 467 g/mol. The van der Waals surface area contributed by atoms with Crippen LogP contribution in [-0.4, -0.2) is 50.7 Å². The zero-order valence-electron chi connectivity index (χ0n) is 15.0. The molecule has 0 aromatic rings. The maximum atomic E-state index is 12.7. The summed E-state index contributed by atoms with van der Waals surface area (Å²) in [5.74, 6) is -2.76. The molecule has 5 atom stereocenters. The fraction of sp³-hybridized carbons (Fsp3) is 0.824. The van der Waals surface area contributed by atoms with Gasteiger partial charge in [-0.05, 0) is 47.0 Å². The van der Waals surface area contributed by atoms with Crippen LogP contribution in [0.4, 0.5) is 0 Å². The molecule has 2 N–H and O–H groups in total. The van der Waals surface area contributed by atoms with Gasteiger partial charge in [-0.25, -0.2) is 4.79 Å². The third kappa shape index (κ3) is 4.64. The maximum Gasteiger partial charge on any atom is 0.332 e. The van der Waals surface area contributed by atoms with Crippen LogP contribution in [-0.2, 0) is 23.9 Å². The number of esters is 2. The Hall–Kier alpha value is -0.900. The predicted molar refractivity (Wildman–Crippen MR) is 98.0 cm³/mol. The van der Waals surface area contributed by atoms with Crippen LogP contribution in [0.15, 0.2) is 0 Å². The van der Waals surface area contributed by atoms with Crippen LogP contribution in [0.2, 0.25) is 0 Å². The highest BCUT2D eigenvalue weighted by Gasteiger charge is 2.62. The SMILES string of the molecule is CCOC(=O)[C@@]1(NC(=O)[C@@H]2C[C@H](O)C[C@H]2C(=O)OC(C)(C)C)C[C@H]1I. The van der Waals surface area contributed by atoms with Gasteiger partial charge in [0.1, 0.15) is 5.60 Å². The van der Waals surface area contributed by atoms with E-state index in [-0.39, 0.29) is 23.4 Å². The zero-order chi connectivity index (χ0) is 19.0. The first kappa shape index (κ1) is 20.4. The van der Waals surface area contributed by atoms with E-state index >= 15 is 0 Å².